The summed E-state index contributed by atoms with van der Waals surface area (Å²) in [6, 6.07) is 28.3. The Morgan fingerprint density at radius 3 is 2.23 bits per heavy atom. The quantitative estimate of drug-likeness (QED) is 0.363. The van der Waals surface area contributed by atoms with Crippen molar-refractivity contribution in [2.45, 2.75) is 44.2 Å². The zero-order valence-electron chi connectivity index (χ0n) is 22.8. The number of aromatic nitrogens is 2. The monoisotopic (exact) mass is 535 g/mol. The van der Waals surface area contributed by atoms with Crippen molar-refractivity contribution in [3.8, 4) is 11.4 Å². The molecule has 7 heteroatoms. The van der Waals surface area contributed by atoms with Crippen molar-refractivity contribution >= 4 is 22.8 Å². The molecule has 2 amide bonds. The van der Waals surface area contributed by atoms with Gasteiger partial charge in [0.2, 0.25) is 11.8 Å². The predicted octanol–water partition coefficient (Wildman–Crippen LogP) is 4.59. The minimum absolute atomic E-state index is 0.00283. The van der Waals surface area contributed by atoms with Crippen LogP contribution in [-0.4, -0.2) is 58.5 Å². The molecule has 1 aromatic heterocycles. The van der Waals surface area contributed by atoms with E-state index in [4.69, 9.17) is 4.98 Å². The van der Waals surface area contributed by atoms with Crippen LogP contribution in [0.25, 0.3) is 22.4 Å². The van der Waals surface area contributed by atoms with Crippen LogP contribution < -0.4 is 10.6 Å². The molecule has 1 atom stereocenters. The Kier molecular flexibility index (Phi) is 7.91. The third-order valence-electron chi connectivity index (χ3n) is 8.38. The lowest BCUT2D eigenvalue weighted by molar-refractivity contribution is -0.138. The van der Waals surface area contributed by atoms with Gasteiger partial charge in [0.15, 0.2) is 0 Å². The molecule has 4 aromatic rings. The Morgan fingerprint density at radius 2 is 1.50 bits per heavy atom. The molecule has 0 saturated carbocycles. The molecule has 0 aliphatic carbocycles. The number of rotatable bonds is 7. The number of imidazole rings is 1. The number of hydrogen-bond acceptors (Lipinski definition) is 4. The molecule has 2 aliphatic heterocycles. The zero-order chi connectivity index (χ0) is 27.3. The van der Waals surface area contributed by atoms with E-state index in [-0.39, 0.29) is 23.8 Å². The molecule has 2 fully saturated rings. The average molecular weight is 536 g/mol. The number of carbonyl (C=O) groups excluding carboxylic acids is 2. The maximum atomic E-state index is 13.9. The fourth-order valence-corrected chi connectivity index (χ4v) is 6.19. The minimum atomic E-state index is -0.560. The summed E-state index contributed by atoms with van der Waals surface area (Å²) in [5.41, 5.74) is 4.27. The first-order chi connectivity index (χ1) is 19.7. The van der Waals surface area contributed by atoms with Crippen LogP contribution in [-0.2, 0) is 16.0 Å². The van der Waals surface area contributed by atoms with Crippen LogP contribution in [0.15, 0.2) is 84.9 Å². The molecule has 3 aromatic carbocycles. The van der Waals surface area contributed by atoms with Gasteiger partial charge in [0.25, 0.3) is 0 Å². The number of fused-ring (bicyclic) bond motifs is 1. The number of para-hydroxylation sites is 2. The maximum Gasteiger partial charge on any atom is 0.245 e. The highest BCUT2D eigenvalue weighted by atomic mass is 16.2. The van der Waals surface area contributed by atoms with Crippen molar-refractivity contribution in [1.29, 1.82) is 0 Å². The van der Waals surface area contributed by atoms with Crippen LogP contribution in [0.1, 0.15) is 37.3 Å². The number of carbonyl (C=O) groups is 2. The molecule has 3 heterocycles. The molecule has 0 bridgehead atoms. The van der Waals surface area contributed by atoms with Gasteiger partial charge in [-0.05, 0) is 56.5 Å². The van der Waals surface area contributed by atoms with E-state index < -0.39 is 6.04 Å². The van der Waals surface area contributed by atoms with Gasteiger partial charge < -0.3 is 20.1 Å². The van der Waals surface area contributed by atoms with E-state index in [0.29, 0.717) is 19.5 Å². The van der Waals surface area contributed by atoms with Crippen LogP contribution in [0.4, 0.5) is 0 Å². The molecule has 0 spiro atoms. The molecule has 40 heavy (non-hydrogen) atoms. The number of amides is 2. The van der Waals surface area contributed by atoms with Gasteiger partial charge in [-0.25, -0.2) is 4.98 Å². The molecule has 0 radical (unpaired) electrons. The van der Waals surface area contributed by atoms with Crippen LogP contribution in [0.3, 0.4) is 0 Å². The lowest BCUT2D eigenvalue weighted by atomic mass is 9.95. The first-order valence-corrected chi connectivity index (χ1v) is 14.5. The van der Waals surface area contributed by atoms with E-state index in [2.05, 4.69) is 45.5 Å². The number of nitrogens with zero attached hydrogens (tertiary/aromatic N) is 3. The second kappa shape index (κ2) is 12.0. The number of benzene rings is 3. The molecule has 6 rings (SSSR count). The van der Waals surface area contributed by atoms with Crippen LogP contribution >= 0.6 is 0 Å². The molecule has 0 unspecified atom stereocenters. The van der Waals surface area contributed by atoms with Gasteiger partial charge in [-0.1, -0.05) is 72.8 Å². The molecular weight excluding hydrogens is 498 g/mol. The second-order valence-electron chi connectivity index (χ2n) is 11.0. The van der Waals surface area contributed by atoms with Crippen molar-refractivity contribution < 1.29 is 9.59 Å². The van der Waals surface area contributed by atoms with E-state index in [1.54, 1.807) is 0 Å². The van der Waals surface area contributed by atoms with Crippen LogP contribution in [0.2, 0.25) is 0 Å². The number of piperidine rings is 2. The molecule has 206 valence electrons. The Labute approximate surface area is 235 Å². The van der Waals surface area contributed by atoms with Crippen molar-refractivity contribution in [3.63, 3.8) is 0 Å². The first-order valence-electron chi connectivity index (χ1n) is 14.5. The van der Waals surface area contributed by atoms with Gasteiger partial charge in [-0.2, -0.15) is 0 Å². The van der Waals surface area contributed by atoms with Gasteiger partial charge in [0.1, 0.15) is 11.9 Å². The van der Waals surface area contributed by atoms with Gasteiger partial charge in [0.05, 0.1) is 11.0 Å². The van der Waals surface area contributed by atoms with Crippen LogP contribution in [0, 0.1) is 5.92 Å². The summed E-state index contributed by atoms with van der Waals surface area (Å²) in [6.45, 7) is 2.99. The van der Waals surface area contributed by atoms with Gasteiger partial charge in [-0.3, -0.25) is 9.59 Å². The lowest BCUT2D eigenvalue weighted by Crippen LogP contribution is -2.53. The normalized spacial score (nSPS) is 17.6. The molecule has 2 aliphatic rings. The van der Waals surface area contributed by atoms with Crippen molar-refractivity contribution in [3.05, 3.63) is 90.5 Å². The standard InChI is InChI=1S/C33H37N5O2/c39-32(26-15-19-34-20-16-26)36-29(23-24-9-3-1-4-10-24)33(40)37-21-17-27(18-22-37)38-30-14-8-7-13-28(30)35-31(38)25-11-5-2-6-12-25/h1-14,26-27,29,34H,15-23H2,(H,36,39)/t29-/m1/s1. The summed E-state index contributed by atoms with van der Waals surface area (Å²) < 4.78 is 2.37. The Bertz CT molecular complexity index is 1440. The summed E-state index contributed by atoms with van der Waals surface area (Å²) in [5.74, 6) is 0.957. The molecule has 2 saturated heterocycles. The summed E-state index contributed by atoms with van der Waals surface area (Å²) in [4.78, 5) is 34.0. The third kappa shape index (κ3) is 5.65. The molecular formula is C33H37N5O2. The van der Waals surface area contributed by atoms with Gasteiger partial charge >= 0.3 is 0 Å². The zero-order valence-corrected chi connectivity index (χ0v) is 22.8. The summed E-state index contributed by atoms with van der Waals surface area (Å²) in [6.07, 6.45) is 3.80. The van der Waals surface area contributed by atoms with Crippen molar-refractivity contribution in [2.24, 2.45) is 5.92 Å². The van der Waals surface area contributed by atoms with Gasteiger partial charge in [0, 0.05) is 37.0 Å². The van der Waals surface area contributed by atoms with E-state index in [1.807, 2.05) is 59.5 Å². The van der Waals surface area contributed by atoms with E-state index in [0.717, 1.165) is 66.8 Å². The minimum Gasteiger partial charge on any atom is -0.344 e. The summed E-state index contributed by atoms with van der Waals surface area (Å²) in [7, 11) is 0. The Balaban J connectivity index is 1.20. The van der Waals surface area contributed by atoms with Crippen LogP contribution in [0.5, 0.6) is 0 Å². The smallest absolute Gasteiger partial charge is 0.245 e. The fraction of sp³-hybridized carbons (Fsp3) is 0.364. The Morgan fingerprint density at radius 1 is 0.850 bits per heavy atom. The largest absolute Gasteiger partial charge is 0.344 e. The van der Waals surface area contributed by atoms with Crippen molar-refractivity contribution in [1.82, 2.24) is 25.1 Å². The average Bonchev–Trinajstić information content (AvgIpc) is 3.41. The maximum absolute atomic E-state index is 13.9. The number of likely N-dealkylation sites (tertiary alicyclic amines) is 1. The highest BCUT2D eigenvalue weighted by Crippen LogP contribution is 2.33. The highest BCUT2D eigenvalue weighted by molar-refractivity contribution is 5.89. The predicted molar refractivity (Wildman–Crippen MR) is 158 cm³/mol. The first kappa shape index (κ1) is 26.3. The lowest BCUT2D eigenvalue weighted by Gasteiger charge is -2.36. The topological polar surface area (TPSA) is 79.3 Å². The van der Waals surface area contributed by atoms with E-state index in [9.17, 15) is 9.59 Å². The highest BCUT2D eigenvalue weighted by Gasteiger charge is 2.33. The number of hydrogen-bond donors (Lipinski definition) is 2. The molecule has 2 N–H and O–H groups in total. The summed E-state index contributed by atoms with van der Waals surface area (Å²) >= 11 is 0. The summed E-state index contributed by atoms with van der Waals surface area (Å²) in [5, 5.41) is 6.47. The fourth-order valence-electron chi connectivity index (χ4n) is 6.19. The molecule has 7 nitrogen and oxygen atoms in total. The van der Waals surface area contributed by atoms with E-state index in [1.165, 1.54) is 0 Å². The van der Waals surface area contributed by atoms with E-state index >= 15 is 0 Å². The van der Waals surface area contributed by atoms with Crippen molar-refractivity contribution in [2.75, 3.05) is 26.2 Å². The second-order valence-corrected chi connectivity index (χ2v) is 11.0. The Hall–Kier alpha value is -3.97. The number of nitrogens with one attached hydrogen (secondary N) is 2. The van der Waals surface area contributed by atoms with Gasteiger partial charge in [-0.15, -0.1) is 0 Å². The SMILES string of the molecule is O=C(N[C@H](Cc1ccccc1)C(=O)N1CCC(n2c(-c3ccccc3)nc3ccccc32)CC1)C1CCNCC1. The third-order valence-corrected chi connectivity index (χ3v) is 8.38.